The summed E-state index contributed by atoms with van der Waals surface area (Å²) in [6, 6.07) is 7.13. The molecule has 0 unspecified atom stereocenters. The van der Waals surface area contributed by atoms with Gasteiger partial charge in [0.25, 0.3) is 0 Å². The summed E-state index contributed by atoms with van der Waals surface area (Å²) in [6.07, 6.45) is 3.09. The van der Waals surface area contributed by atoms with Gasteiger partial charge in [-0.1, -0.05) is 35.1 Å². The number of thiazole rings is 1. The number of amides is 1. The number of ketones is 1. The maximum Gasteiger partial charge on any atom is 0.250 e. The van der Waals surface area contributed by atoms with Gasteiger partial charge in [0.2, 0.25) is 5.91 Å². The van der Waals surface area contributed by atoms with Gasteiger partial charge in [0.05, 0.1) is 10.6 Å². The van der Waals surface area contributed by atoms with E-state index in [-0.39, 0.29) is 11.7 Å². The molecule has 1 aromatic carbocycles. The number of carbonyl (C=O) groups is 2. The number of carbonyl (C=O) groups excluding carboxylic acids is 2. The first kappa shape index (κ1) is 15.4. The van der Waals surface area contributed by atoms with Gasteiger partial charge in [0, 0.05) is 18.0 Å². The molecule has 0 spiro atoms. The molecule has 0 aliphatic rings. The fourth-order valence-corrected chi connectivity index (χ4v) is 2.66. The molecule has 0 radical (unpaired) electrons. The Morgan fingerprint density at radius 2 is 1.95 bits per heavy atom. The van der Waals surface area contributed by atoms with Crippen LogP contribution < -0.4 is 5.32 Å². The average Bonchev–Trinajstić information content (AvgIpc) is 2.79. The Labute approximate surface area is 131 Å². The predicted octanol–water partition coefficient (Wildman–Crippen LogP) is 3.96. The lowest BCUT2D eigenvalue weighted by Crippen LogP contribution is -2.07. The zero-order chi connectivity index (χ0) is 15.4. The number of anilines is 1. The maximum absolute atomic E-state index is 11.8. The molecule has 0 saturated carbocycles. The van der Waals surface area contributed by atoms with Crippen molar-refractivity contribution < 1.29 is 9.59 Å². The quantitative estimate of drug-likeness (QED) is 0.685. The Morgan fingerprint density at radius 3 is 2.52 bits per heavy atom. The summed E-state index contributed by atoms with van der Waals surface area (Å²) in [5, 5.41) is 3.71. The summed E-state index contributed by atoms with van der Waals surface area (Å²) in [5.74, 6) is -0.351. The van der Waals surface area contributed by atoms with Crippen molar-refractivity contribution in [1.82, 2.24) is 4.98 Å². The van der Waals surface area contributed by atoms with Crippen LogP contribution in [0.2, 0.25) is 5.02 Å². The lowest BCUT2D eigenvalue weighted by atomic mass is 10.2. The van der Waals surface area contributed by atoms with Crippen molar-refractivity contribution in [2.75, 3.05) is 5.32 Å². The maximum atomic E-state index is 11.8. The van der Waals surface area contributed by atoms with Gasteiger partial charge in [-0.05, 0) is 30.7 Å². The van der Waals surface area contributed by atoms with E-state index >= 15 is 0 Å². The second kappa shape index (κ2) is 6.65. The standard InChI is InChI=1S/C15H13ClN2O2S/c1-9-14(10(2)19)21-15(17-9)18-13(20)8-5-11-3-6-12(16)7-4-11/h3-8H,1-2H3,(H,17,18,20)/b8-5+. The van der Waals surface area contributed by atoms with Crippen molar-refractivity contribution in [2.24, 2.45) is 0 Å². The number of nitrogens with one attached hydrogen (secondary N) is 1. The second-order valence-corrected chi connectivity index (χ2v) is 5.80. The van der Waals surface area contributed by atoms with Crippen molar-refractivity contribution in [3.63, 3.8) is 0 Å². The Bertz CT molecular complexity index is 705. The minimum absolute atomic E-state index is 0.0535. The summed E-state index contributed by atoms with van der Waals surface area (Å²) in [7, 11) is 0. The number of halogens is 1. The first-order chi connectivity index (χ1) is 9.95. The highest BCUT2D eigenvalue weighted by Gasteiger charge is 2.12. The molecule has 2 rings (SSSR count). The third-order valence-corrected chi connectivity index (χ3v) is 4.07. The van der Waals surface area contributed by atoms with Gasteiger partial charge >= 0.3 is 0 Å². The van der Waals surface area contributed by atoms with Crippen LogP contribution in [-0.2, 0) is 4.79 Å². The molecule has 1 heterocycles. The summed E-state index contributed by atoms with van der Waals surface area (Å²) in [4.78, 5) is 27.9. The molecular weight excluding hydrogens is 308 g/mol. The minimum Gasteiger partial charge on any atom is -0.298 e. The van der Waals surface area contributed by atoms with Gasteiger partial charge in [-0.2, -0.15) is 0 Å². The van der Waals surface area contributed by atoms with Crippen LogP contribution in [0.4, 0.5) is 5.13 Å². The highest BCUT2D eigenvalue weighted by molar-refractivity contribution is 7.17. The van der Waals surface area contributed by atoms with E-state index in [9.17, 15) is 9.59 Å². The minimum atomic E-state index is -0.297. The fraction of sp³-hybridized carbons (Fsp3) is 0.133. The molecule has 1 amide bonds. The normalized spacial score (nSPS) is 10.8. The Balaban J connectivity index is 2.03. The number of aromatic nitrogens is 1. The Hall–Kier alpha value is -1.98. The van der Waals surface area contributed by atoms with E-state index in [0.717, 1.165) is 5.56 Å². The molecule has 0 bridgehead atoms. The molecule has 4 nitrogen and oxygen atoms in total. The number of Topliss-reactive ketones (excluding diaryl/α,β-unsaturated/α-hetero) is 1. The molecule has 2 aromatic rings. The van der Waals surface area contributed by atoms with Crippen molar-refractivity contribution in [1.29, 1.82) is 0 Å². The SMILES string of the molecule is CC(=O)c1sc(NC(=O)/C=C/c2ccc(Cl)cc2)nc1C. The second-order valence-electron chi connectivity index (χ2n) is 4.36. The van der Waals surface area contributed by atoms with Gasteiger partial charge in [-0.15, -0.1) is 0 Å². The zero-order valence-corrected chi connectivity index (χ0v) is 13.1. The van der Waals surface area contributed by atoms with Crippen LogP contribution in [0.15, 0.2) is 30.3 Å². The number of hydrogen-bond donors (Lipinski definition) is 1. The largest absolute Gasteiger partial charge is 0.298 e. The lowest BCUT2D eigenvalue weighted by molar-refractivity contribution is -0.111. The summed E-state index contributed by atoms with van der Waals surface area (Å²) in [6.45, 7) is 3.22. The first-order valence-corrected chi connectivity index (χ1v) is 7.38. The number of rotatable bonds is 4. The van der Waals surface area contributed by atoms with Crippen LogP contribution in [0.5, 0.6) is 0 Å². The monoisotopic (exact) mass is 320 g/mol. The molecule has 0 saturated heterocycles. The highest BCUT2D eigenvalue weighted by atomic mass is 35.5. The van der Waals surface area contributed by atoms with Crippen LogP contribution >= 0.6 is 22.9 Å². The highest BCUT2D eigenvalue weighted by Crippen LogP contribution is 2.22. The van der Waals surface area contributed by atoms with E-state index in [1.54, 1.807) is 25.1 Å². The molecule has 0 fully saturated rings. The number of nitrogens with zero attached hydrogens (tertiary/aromatic N) is 1. The van der Waals surface area contributed by atoms with Crippen LogP contribution in [-0.4, -0.2) is 16.7 Å². The van der Waals surface area contributed by atoms with Gasteiger partial charge in [-0.25, -0.2) is 4.98 Å². The van der Waals surface area contributed by atoms with Gasteiger partial charge in [0.15, 0.2) is 10.9 Å². The van der Waals surface area contributed by atoms with Crippen molar-refractivity contribution in [2.45, 2.75) is 13.8 Å². The van der Waals surface area contributed by atoms with E-state index in [1.807, 2.05) is 12.1 Å². The topological polar surface area (TPSA) is 59.1 Å². The van der Waals surface area contributed by atoms with E-state index in [2.05, 4.69) is 10.3 Å². The van der Waals surface area contributed by atoms with Crippen molar-refractivity contribution in [3.8, 4) is 0 Å². The molecule has 1 aromatic heterocycles. The third-order valence-electron chi connectivity index (χ3n) is 2.64. The van der Waals surface area contributed by atoms with E-state index < -0.39 is 0 Å². The van der Waals surface area contributed by atoms with Crippen LogP contribution in [0, 0.1) is 6.92 Å². The summed E-state index contributed by atoms with van der Waals surface area (Å²) in [5.41, 5.74) is 1.50. The number of benzene rings is 1. The average molecular weight is 321 g/mol. The van der Waals surface area contributed by atoms with Crippen LogP contribution in [0.3, 0.4) is 0 Å². The zero-order valence-electron chi connectivity index (χ0n) is 11.5. The van der Waals surface area contributed by atoms with Gasteiger partial charge < -0.3 is 0 Å². The Kier molecular flexibility index (Phi) is 4.88. The molecular formula is C15H13ClN2O2S. The third kappa shape index (κ3) is 4.24. The van der Waals surface area contributed by atoms with Gasteiger partial charge in [-0.3, -0.25) is 14.9 Å². The number of hydrogen-bond acceptors (Lipinski definition) is 4. The van der Waals surface area contributed by atoms with E-state index in [0.29, 0.717) is 20.7 Å². The fourth-order valence-electron chi connectivity index (χ4n) is 1.67. The van der Waals surface area contributed by atoms with Crippen LogP contribution in [0.1, 0.15) is 27.9 Å². The molecule has 108 valence electrons. The van der Waals surface area contributed by atoms with Crippen molar-refractivity contribution >= 4 is 45.8 Å². The molecule has 0 atom stereocenters. The Morgan fingerprint density at radius 1 is 1.29 bits per heavy atom. The first-order valence-electron chi connectivity index (χ1n) is 6.18. The molecule has 6 heteroatoms. The molecule has 0 aliphatic carbocycles. The van der Waals surface area contributed by atoms with Crippen LogP contribution in [0.25, 0.3) is 6.08 Å². The molecule has 1 N–H and O–H groups in total. The summed E-state index contributed by atoms with van der Waals surface area (Å²) >= 11 is 6.96. The van der Waals surface area contributed by atoms with E-state index in [4.69, 9.17) is 11.6 Å². The summed E-state index contributed by atoms with van der Waals surface area (Å²) < 4.78 is 0. The molecule has 21 heavy (non-hydrogen) atoms. The smallest absolute Gasteiger partial charge is 0.250 e. The van der Waals surface area contributed by atoms with E-state index in [1.165, 1.54) is 24.3 Å². The van der Waals surface area contributed by atoms with Crippen molar-refractivity contribution in [3.05, 3.63) is 51.5 Å². The van der Waals surface area contributed by atoms with Gasteiger partial charge in [0.1, 0.15) is 0 Å². The lowest BCUT2D eigenvalue weighted by Gasteiger charge is -1.96. The number of aryl methyl sites for hydroxylation is 1. The predicted molar refractivity (Wildman–Crippen MR) is 86.0 cm³/mol. The molecule has 0 aliphatic heterocycles.